The van der Waals surface area contributed by atoms with Crippen molar-refractivity contribution < 1.29 is 29.9 Å². The monoisotopic (exact) mass is 286 g/mol. The van der Waals surface area contributed by atoms with Crippen LogP contribution in [0.2, 0.25) is 0 Å². The van der Waals surface area contributed by atoms with Crippen LogP contribution in [0, 0.1) is 0 Å². The Bertz CT molecular complexity index is 333. The summed E-state index contributed by atoms with van der Waals surface area (Å²) in [6.07, 6.45) is -4.00. The molecule has 2 rings (SSSR count). The highest BCUT2D eigenvalue weighted by Crippen LogP contribution is 2.27. The molecule has 0 aliphatic carbocycles. The van der Waals surface area contributed by atoms with Gasteiger partial charge >= 0.3 is 0 Å². The molecule has 0 amide bonds. The van der Waals surface area contributed by atoms with Gasteiger partial charge in [-0.3, -0.25) is 0 Å². The Morgan fingerprint density at radius 3 is 2.00 bits per heavy atom. The van der Waals surface area contributed by atoms with Crippen molar-refractivity contribution in [3.8, 4) is 0 Å². The van der Waals surface area contributed by atoms with Crippen molar-refractivity contribution in [1.82, 2.24) is 0 Å². The summed E-state index contributed by atoms with van der Waals surface area (Å²) in [4.78, 5) is 0. The van der Waals surface area contributed by atoms with Crippen molar-refractivity contribution in [2.45, 2.75) is 31.0 Å². The highest BCUT2D eigenvalue weighted by atomic mass is 16.7. The second kappa shape index (κ2) is 8.31. The molecule has 0 saturated carbocycles. The maximum atomic E-state index is 9.57. The third kappa shape index (κ3) is 4.24. The number of aliphatic hydroxyl groups excluding tert-OH is 4. The SMILES string of the molecule is CCO[C@]1(CO)OC[C@@H](O)[C@H](O)[C@@H]1O.c1ccccc1. The molecule has 6 heteroatoms. The van der Waals surface area contributed by atoms with Crippen LogP contribution >= 0.6 is 0 Å². The molecule has 1 aliphatic heterocycles. The lowest BCUT2D eigenvalue weighted by Gasteiger charge is -2.43. The largest absolute Gasteiger partial charge is 0.391 e. The van der Waals surface area contributed by atoms with E-state index in [-0.39, 0.29) is 13.2 Å². The summed E-state index contributed by atoms with van der Waals surface area (Å²) in [7, 11) is 0. The van der Waals surface area contributed by atoms with Crippen molar-refractivity contribution in [2.24, 2.45) is 0 Å². The standard InChI is InChI=1S/C8H16O6.C6H6/c1-2-13-8(4-9)7(12)6(11)5(10)3-14-8;1-2-4-6-5-3-1/h5-7,9-12H,2-4H2,1H3;1-6H/t5-,6+,7+,8-;/m1./s1. The molecule has 4 atom stereocenters. The van der Waals surface area contributed by atoms with Crippen molar-refractivity contribution in [2.75, 3.05) is 19.8 Å². The third-order valence-corrected chi connectivity index (χ3v) is 2.94. The first-order valence-electron chi connectivity index (χ1n) is 6.50. The van der Waals surface area contributed by atoms with Crippen molar-refractivity contribution in [3.63, 3.8) is 0 Å². The lowest BCUT2D eigenvalue weighted by Crippen LogP contribution is -2.63. The average Bonchev–Trinajstić information content (AvgIpc) is 2.51. The minimum atomic E-state index is -1.62. The first kappa shape index (κ1) is 17.0. The van der Waals surface area contributed by atoms with Gasteiger partial charge in [0.25, 0.3) is 0 Å². The summed E-state index contributed by atoms with van der Waals surface area (Å²) >= 11 is 0. The topological polar surface area (TPSA) is 99.4 Å². The number of benzene rings is 1. The van der Waals surface area contributed by atoms with E-state index in [9.17, 15) is 15.3 Å². The van der Waals surface area contributed by atoms with Crippen LogP contribution in [0.1, 0.15) is 6.92 Å². The van der Waals surface area contributed by atoms with Gasteiger partial charge in [0.2, 0.25) is 5.79 Å². The normalized spacial score (nSPS) is 33.1. The Morgan fingerprint density at radius 1 is 1.10 bits per heavy atom. The van der Waals surface area contributed by atoms with Gasteiger partial charge in [-0.15, -0.1) is 0 Å². The van der Waals surface area contributed by atoms with E-state index in [1.165, 1.54) is 0 Å². The van der Waals surface area contributed by atoms with Crippen LogP contribution in [0.3, 0.4) is 0 Å². The fourth-order valence-electron chi connectivity index (χ4n) is 1.82. The summed E-state index contributed by atoms with van der Waals surface area (Å²) in [5, 5.41) is 37.2. The van der Waals surface area contributed by atoms with Crippen LogP contribution in [0.5, 0.6) is 0 Å². The van der Waals surface area contributed by atoms with E-state index in [2.05, 4.69) is 0 Å². The van der Waals surface area contributed by atoms with Crippen molar-refractivity contribution in [1.29, 1.82) is 0 Å². The maximum absolute atomic E-state index is 9.57. The molecule has 1 aromatic rings. The molecule has 20 heavy (non-hydrogen) atoms. The predicted octanol–water partition coefficient (Wildman–Crippen LogP) is -0.489. The van der Waals surface area contributed by atoms with Gasteiger partial charge in [-0.05, 0) is 6.92 Å². The zero-order chi connectivity index (χ0) is 15.0. The van der Waals surface area contributed by atoms with Crippen LogP contribution in [0.15, 0.2) is 36.4 Å². The van der Waals surface area contributed by atoms with Crippen LogP contribution in [0.25, 0.3) is 0 Å². The van der Waals surface area contributed by atoms with Gasteiger partial charge in [0.05, 0.1) is 6.61 Å². The summed E-state index contributed by atoms with van der Waals surface area (Å²) < 4.78 is 10.1. The Hall–Kier alpha value is -1.02. The molecule has 114 valence electrons. The van der Waals surface area contributed by atoms with Crippen LogP contribution in [0.4, 0.5) is 0 Å². The molecule has 0 spiro atoms. The number of hydrogen-bond acceptors (Lipinski definition) is 6. The summed E-state index contributed by atoms with van der Waals surface area (Å²) in [6, 6.07) is 12.0. The molecule has 4 N–H and O–H groups in total. The number of ether oxygens (including phenoxy) is 2. The molecule has 1 aliphatic rings. The molecule has 6 nitrogen and oxygen atoms in total. The Kier molecular flexibility index (Phi) is 7.08. The molecule has 0 bridgehead atoms. The van der Waals surface area contributed by atoms with Crippen molar-refractivity contribution in [3.05, 3.63) is 36.4 Å². The minimum Gasteiger partial charge on any atom is -0.391 e. The smallest absolute Gasteiger partial charge is 0.221 e. The number of hydrogen-bond donors (Lipinski definition) is 4. The maximum Gasteiger partial charge on any atom is 0.221 e. The first-order chi connectivity index (χ1) is 9.57. The fraction of sp³-hybridized carbons (Fsp3) is 0.571. The van der Waals surface area contributed by atoms with Gasteiger partial charge in [0.1, 0.15) is 24.9 Å². The molecular weight excluding hydrogens is 264 g/mol. The molecule has 0 aromatic heterocycles. The molecule has 1 heterocycles. The molecule has 1 aromatic carbocycles. The Balaban J connectivity index is 0.000000276. The Morgan fingerprint density at radius 2 is 1.60 bits per heavy atom. The molecule has 1 saturated heterocycles. The van der Waals surface area contributed by atoms with Crippen molar-refractivity contribution >= 4 is 0 Å². The quantitative estimate of drug-likeness (QED) is 0.598. The van der Waals surface area contributed by atoms with Gasteiger partial charge in [-0.25, -0.2) is 0 Å². The van der Waals surface area contributed by atoms with Crippen LogP contribution < -0.4 is 0 Å². The van der Waals surface area contributed by atoms with Gasteiger partial charge < -0.3 is 29.9 Å². The third-order valence-electron chi connectivity index (χ3n) is 2.94. The zero-order valence-electron chi connectivity index (χ0n) is 11.4. The first-order valence-corrected chi connectivity index (χ1v) is 6.50. The fourth-order valence-corrected chi connectivity index (χ4v) is 1.82. The Labute approximate surface area is 118 Å². The van der Waals surface area contributed by atoms with E-state index in [0.29, 0.717) is 0 Å². The second-order valence-electron chi connectivity index (χ2n) is 4.37. The average molecular weight is 286 g/mol. The molecular formula is C14H22O6. The van der Waals surface area contributed by atoms with Gasteiger partial charge in [0, 0.05) is 6.61 Å². The summed E-state index contributed by atoms with van der Waals surface area (Å²) in [6.45, 7) is 1.13. The van der Waals surface area contributed by atoms with E-state index in [4.69, 9.17) is 14.6 Å². The predicted molar refractivity (Wildman–Crippen MR) is 71.9 cm³/mol. The van der Waals surface area contributed by atoms with Gasteiger partial charge in [0.15, 0.2) is 0 Å². The lowest BCUT2D eigenvalue weighted by atomic mass is 9.97. The van der Waals surface area contributed by atoms with E-state index < -0.39 is 30.7 Å². The van der Waals surface area contributed by atoms with E-state index in [0.717, 1.165) is 0 Å². The van der Waals surface area contributed by atoms with Crippen LogP contribution in [-0.2, 0) is 9.47 Å². The van der Waals surface area contributed by atoms with Crippen LogP contribution in [-0.4, -0.2) is 64.3 Å². The second-order valence-corrected chi connectivity index (χ2v) is 4.37. The van der Waals surface area contributed by atoms with Gasteiger partial charge in [-0.2, -0.15) is 0 Å². The molecule has 0 unspecified atom stereocenters. The molecule has 0 radical (unpaired) electrons. The van der Waals surface area contributed by atoms with E-state index in [1.807, 2.05) is 36.4 Å². The number of rotatable bonds is 3. The summed E-state index contributed by atoms with van der Waals surface area (Å²) in [5.41, 5.74) is 0. The van der Waals surface area contributed by atoms with E-state index >= 15 is 0 Å². The zero-order valence-corrected chi connectivity index (χ0v) is 11.4. The summed E-state index contributed by atoms with van der Waals surface area (Å²) in [5.74, 6) is -1.62. The highest BCUT2D eigenvalue weighted by Gasteiger charge is 2.50. The van der Waals surface area contributed by atoms with E-state index in [1.54, 1.807) is 6.92 Å². The minimum absolute atomic E-state index is 0.182. The highest BCUT2D eigenvalue weighted by molar-refractivity contribution is 4.99. The molecule has 1 fully saturated rings. The lowest BCUT2D eigenvalue weighted by molar-refractivity contribution is -0.347. The van der Waals surface area contributed by atoms with Gasteiger partial charge in [-0.1, -0.05) is 36.4 Å². The number of aliphatic hydroxyl groups is 4.